The van der Waals surface area contributed by atoms with Crippen LogP contribution in [0.2, 0.25) is 0 Å². The number of carbonyl (C=O) groups excluding carboxylic acids is 1. The van der Waals surface area contributed by atoms with E-state index in [1.54, 1.807) is 30.1 Å². The van der Waals surface area contributed by atoms with Gasteiger partial charge >= 0.3 is 0 Å². The van der Waals surface area contributed by atoms with E-state index >= 15 is 0 Å². The second kappa shape index (κ2) is 9.23. The van der Waals surface area contributed by atoms with Crippen molar-refractivity contribution in [1.82, 2.24) is 19.7 Å². The van der Waals surface area contributed by atoms with Crippen LogP contribution in [-0.4, -0.2) is 46.8 Å². The maximum Gasteiger partial charge on any atom is 0.223 e. The predicted octanol–water partition coefficient (Wildman–Crippen LogP) is 3.44. The van der Waals surface area contributed by atoms with Crippen molar-refractivity contribution in [2.45, 2.75) is 25.8 Å². The summed E-state index contributed by atoms with van der Waals surface area (Å²) < 4.78 is 12.3. The van der Waals surface area contributed by atoms with Crippen molar-refractivity contribution in [2.24, 2.45) is 0 Å². The Morgan fingerprint density at radius 1 is 1.10 bits per heavy atom. The van der Waals surface area contributed by atoms with Gasteiger partial charge in [0.05, 0.1) is 25.9 Å². The molecule has 0 saturated carbocycles. The lowest BCUT2D eigenvalue weighted by Crippen LogP contribution is -2.29. The molecule has 0 radical (unpaired) electrons. The number of ether oxygens (including phenoxy) is 2. The lowest BCUT2D eigenvalue weighted by atomic mass is 10.0. The van der Waals surface area contributed by atoms with Gasteiger partial charge in [-0.2, -0.15) is 5.10 Å². The van der Waals surface area contributed by atoms with Crippen LogP contribution in [0.1, 0.15) is 30.5 Å². The molecule has 3 rings (SSSR count). The molecule has 0 spiro atoms. The number of hydrogen-bond donors (Lipinski definition) is 0. The highest BCUT2D eigenvalue weighted by Gasteiger charge is 2.17. The average Bonchev–Trinajstić information content (AvgIpc) is 3.31. The lowest BCUT2D eigenvalue weighted by Gasteiger charge is -2.25. The zero-order valence-corrected chi connectivity index (χ0v) is 17.2. The molecule has 1 heterocycles. The van der Waals surface area contributed by atoms with Crippen LogP contribution in [0, 0.1) is 0 Å². The van der Waals surface area contributed by atoms with Gasteiger partial charge in [-0.3, -0.25) is 4.79 Å². The van der Waals surface area contributed by atoms with Crippen LogP contribution in [0.5, 0.6) is 11.5 Å². The van der Waals surface area contributed by atoms with Crippen LogP contribution in [0.15, 0.2) is 55.1 Å². The SMILES string of the molecule is COc1ccc(CCC(=O)N(C)C(C)c2ccc(-n3cncn3)cc2)cc1OC. The van der Waals surface area contributed by atoms with Crippen molar-refractivity contribution in [3.05, 3.63) is 66.2 Å². The summed E-state index contributed by atoms with van der Waals surface area (Å²) in [6, 6.07) is 13.7. The Kier molecular flexibility index (Phi) is 6.49. The molecule has 0 aliphatic heterocycles. The summed E-state index contributed by atoms with van der Waals surface area (Å²) in [6.07, 6.45) is 4.22. The van der Waals surface area contributed by atoms with Crippen molar-refractivity contribution in [1.29, 1.82) is 0 Å². The Bertz CT molecular complexity index is 939. The fraction of sp³-hybridized carbons (Fsp3) is 0.318. The van der Waals surface area contributed by atoms with E-state index in [0.29, 0.717) is 24.3 Å². The van der Waals surface area contributed by atoms with Crippen molar-refractivity contribution in [3.8, 4) is 17.2 Å². The van der Waals surface area contributed by atoms with E-state index in [-0.39, 0.29) is 11.9 Å². The first kappa shape index (κ1) is 20.4. The van der Waals surface area contributed by atoms with Gasteiger partial charge in [0.1, 0.15) is 12.7 Å². The minimum absolute atomic E-state index is 0.0299. The third-order valence-electron chi connectivity index (χ3n) is 5.11. The first-order valence-corrected chi connectivity index (χ1v) is 9.45. The molecule has 0 bridgehead atoms. The Balaban J connectivity index is 1.60. The molecule has 29 heavy (non-hydrogen) atoms. The van der Waals surface area contributed by atoms with Gasteiger partial charge in [0.25, 0.3) is 0 Å². The Hall–Kier alpha value is -3.35. The molecule has 1 amide bonds. The molecule has 7 heteroatoms. The molecule has 0 aliphatic carbocycles. The summed E-state index contributed by atoms with van der Waals surface area (Å²) in [5.74, 6) is 1.45. The monoisotopic (exact) mass is 394 g/mol. The molecule has 0 saturated heterocycles. The van der Waals surface area contributed by atoms with E-state index in [1.165, 1.54) is 6.33 Å². The zero-order chi connectivity index (χ0) is 20.8. The Morgan fingerprint density at radius 2 is 1.83 bits per heavy atom. The van der Waals surface area contributed by atoms with Gasteiger partial charge in [-0.15, -0.1) is 0 Å². The van der Waals surface area contributed by atoms with Crippen LogP contribution in [0.4, 0.5) is 0 Å². The molecule has 7 nitrogen and oxygen atoms in total. The molecule has 3 aromatic rings. The number of amides is 1. The van der Waals surface area contributed by atoms with Gasteiger partial charge in [-0.25, -0.2) is 9.67 Å². The summed E-state index contributed by atoms with van der Waals surface area (Å²) in [6.45, 7) is 2.03. The Labute approximate surface area is 170 Å². The molecule has 2 aromatic carbocycles. The fourth-order valence-electron chi connectivity index (χ4n) is 3.15. The zero-order valence-electron chi connectivity index (χ0n) is 17.2. The van der Waals surface area contributed by atoms with E-state index in [9.17, 15) is 4.79 Å². The second-order valence-electron chi connectivity index (χ2n) is 6.80. The normalized spacial score (nSPS) is 11.7. The highest BCUT2D eigenvalue weighted by atomic mass is 16.5. The van der Waals surface area contributed by atoms with Gasteiger partial charge in [0.2, 0.25) is 5.91 Å². The van der Waals surface area contributed by atoms with Crippen LogP contribution >= 0.6 is 0 Å². The number of rotatable bonds is 8. The summed E-state index contributed by atoms with van der Waals surface area (Å²) in [5.41, 5.74) is 3.03. The van der Waals surface area contributed by atoms with Gasteiger partial charge in [0, 0.05) is 13.5 Å². The van der Waals surface area contributed by atoms with E-state index in [0.717, 1.165) is 16.8 Å². The van der Waals surface area contributed by atoms with Gasteiger partial charge < -0.3 is 14.4 Å². The second-order valence-corrected chi connectivity index (χ2v) is 6.80. The van der Waals surface area contributed by atoms with Crippen LogP contribution in [0.25, 0.3) is 5.69 Å². The number of carbonyl (C=O) groups is 1. The molecule has 0 N–H and O–H groups in total. The number of hydrogen-bond acceptors (Lipinski definition) is 5. The predicted molar refractivity (Wildman–Crippen MR) is 110 cm³/mol. The van der Waals surface area contributed by atoms with Crippen molar-refractivity contribution in [2.75, 3.05) is 21.3 Å². The van der Waals surface area contributed by atoms with Crippen molar-refractivity contribution >= 4 is 5.91 Å². The minimum atomic E-state index is -0.0299. The van der Waals surface area contributed by atoms with E-state index < -0.39 is 0 Å². The third-order valence-corrected chi connectivity index (χ3v) is 5.11. The average molecular weight is 394 g/mol. The number of methoxy groups -OCH3 is 2. The molecule has 1 aromatic heterocycles. The van der Waals surface area contributed by atoms with Gasteiger partial charge in [-0.1, -0.05) is 18.2 Å². The van der Waals surface area contributed by atoms with Crippen molar-refractivity contribution in [3.63, 3.8) is 0 Å². The maximum atomic E-state index is 12.7. The summed E-state index contributed by atoms with van der Waals surface area (Å²) in [4.78, 5) is 18.5. The molecule has 1 atom stereocenters. The number of benzene rings is 2. The smallest absolute Gasteiger partial charge is 0.223 e. The highest BCUT2D eigenvalue weighted by molar-refractivity contribution is 5.76. The van der Waals surface area contributed by atoms with E-state index in [1.807, 2.05) is 56.4 Å². The quantitative estimate of drug-likeness (QED) is 0.585. The molecule has 1 unspecified atom stereocenters. The largest absolute Gasteiger partial charge is 0.493 e. The standard InChI is InChI=1S/C22H26N4O3/c1-16(18-7-9-19(10-8-18)26-15-23-14-24-26)25(2)22(27)12-6-17-5-11-20(28-3)21(13-17)29-4/h5,7-11,13-16H,6,12H2,1-4H3. The van der Waals surface area contributed by atoms with Crippen LogP contribution in [0.3, 0.4) is 0 Å². The minimum Gasteiger partial charge on any atom is -0.493 e. The summed E-state index contributed by atoms with van der Waals surface area (Å²) in [7, 11) is 5.05. The molecule has 152 valence electrons. The van der Waals surface area contributed by atoms with Crippen molar-refractivity contribution < 1.29 is 14.3 Å². The van der Waals surface area contributed by atoms with Gasteiger partial charge in [-0.05, 0) is 48.7 Å². The van der Waals surface area contributed by atoms with E-state index in [4.69, 9.17) is 9.47 Å². The number of nitrogens with zero attached hydrogens (tertiary/aromatic N) is 4. The molecular weight excluding hydrogens is 368 g/mol. The van der Waals surface area contributed by atoms with Crippen LogP contribution in [-0.2, 0) is 11.2 Å². The number of aromatic nitrogens is 3. The van der Waals surface area contributed by atoms with E-state index in [2.05, 4.69) is 10.1 Å². The fourth-order valence-corrected chi connectivity index (χ4v) is 3.15. The molecule has 0 aliphatic rings. The molecular formula is C22H26N4O3. The lowest BCUT2D eigenvalue weighted by molar-refractivity contribution is -0.131. The summed E-state index contributed by atoms with van der Waals surface area (Å²) in [5, 5.41) is 4.12. The summed E-state index contributed by atoms with van der Waals surface area (Å²) >= 11 is 0. The number of aryl methyl sites for hydroxylation is 1. The maximum absolute atomic E-state index is 12.7. The Morgan fingerprint density at radius 3 is 2.45 bits per heavy atom. The topological polar surface area (TPSA) is 69.5 Å². The third kappa shape index (κ3) is 4.74. The van der Waals surface area contributed by atoms with Crippen LogP contribution < -0.4 is 9.47 Å². The first-order valence-electron chi connectivity index (χ1n) is 9.45. The highest BCUT2D eigenvalue weighted by Crippen LogP contribution is 2.28. The van der Waals surface area contributed by atoms with Gasteiger partial charge in [0.15, 0.2) is 11.5 Å². The first-order chi connectivity index (χ1) is 14.0. The molecule has 0 fully saturated rings.